The molecule has 86 valence electrons. The summed E-state index contributed by atoms with van der Waals surface area (Å²) in [5, 5.41) is 0. The van der Waals surface area contributed by atoms with Gasteiger partial charge in [-0.2, -0.15) is 13.2 Å². The van der Waals surface area contributed by atoms with E-state index in [0.29, 0.717) is 5.56 Å². The Morgan fingerprint density at radius 2 is 1.80 bits per heavy atom. The van der Waals surface area contributed by atoms with Crippen LogP contribution < -0.4 is 5.73 Å². The van der Waals surface area contributed by atoms with Crippen molar-refractivity contribution in [3.63, 3.8) is 0 Å². The van der Waals surface area contributed by atoms with E-state index in [-0.39, 0.29) is 24.0 Å². The average Bonchev–Trinajstić information content (AvgIpc) is 2.01. The molecule has 0 aliphatic carbocycles. The summed E-state index contributed by atoms with van der Waals surface area (Å²) in [6.45, 7) is 3.12. The van der Waals surface area contributed by atoms with Gasteiger partial charge in [0.05, 0.1) is 5.56 Å². The molecule has 0 aromatic heterocycles. The molecule has 0 saturated heterocycles. The van der Waals surface area contributed by atoms with Crippen LogP contribution in [0.3, 0.4) is 0 Å². The predicted molar refractivity (Wildman–Crippen MR) is 56.0 cm³/mol. The first-order valence-electron chi connectivity index (χ1n) is 4.26. The quantitative estimate of drug-likeness (QED) is 0.798. The molecule has 1 nitrogen and oxygen atoms in total. The highest BCUT2D eigenvalue weighted by Crippen LogP contribution is 2.33. The number of alkyl halides is 3. The van der Waals surface area contributed by atoms with Crippen molar-refractivity contribution >= 4 is 12.4 Å². The summed E-state index contributed by atoms with van der Waals surface area (Å²) in [5.74, 6) is 0. The Hall–Kier alpha value is -0.740. The average molecular weight is 240 g/mol. The second-order valence-corrected chi connectivity index (χ2v) is 3.31. The van der Waals surface area contributed by atoms with E-state index in [2.05, 4.69) is 0 Å². The van der Waals surface area contributed by atoms with E-state index in [1.807, 2.05) is 0 Å². The summed E-state index contributed by atoms with van der Waals surface area (Å²) in [6.07, 6.45) is -4.30. The molecular weight excluding hydrogens is 227 g/mol. The molecule has 0 fully saturated rings. The molecule has 0 heterocycles. The highest BCUT2D eigenvalue weighted by atomic mass is 35.5. The molecule has 0 radical (unpaired) electrons. The molecule has 5 heteroatoms. The van der Waals surface area contributed by atoms with Crippen molar-refractivity contribution in [2.45, 2.75) is 26.1 Å². The lowest BCUT2D eigenvalue weighted by Gasteiger charge is -2.15. The zero-order valence-electron chi connectivity index (χ0n) is 8.43. The lowest BCUT2D eigenvalue weighted by molar-refractivity contribution is -0.138. The first kappa shape index (κ1) is 14.3. The third kappa shape index (κ3) is 3.11. The maximum Gasteiger partial charge on any atom is 0.416 e. The first-order valence-corrected chi connectivity index (χ1v) is 4.26. The Kier molecular flexibility index (Phi) is 4.62. The van der Waals surface area contributed by atoms with E-state index < -0.39 is 11.7 Å². The molecule has 0 saturated carbocycles. The topological polar surface area (TPSA) is 26.0 Å². The van der Waals surface area contributed by atoms with Crippen LogP contribution >= 0.6 is 12.4 Å². The Morgan fingerprint density at radius 3 is 2.20 bits per heavy atom. The van der Waals surface area contributed by atoms with Crippen molar-refractivity contribution in [2.75, 3.05) is 0 Å². The largest absolute Gasteiger partial charge is 0.416 e. The van der Waals surface area contributed by atoms with E-state index in [1.165, 1.54) is 13.0 Å². The summed E-state index contributed by atoms with van der Waals surface area (Å²) < 4.78 is 37.4. The van der Waals surface area contributed by atoms with Gasteiger partial charge in [-0.1, -0.05) is 12.1 Å². The van der Waals surface area contributed by atoms with Gasteiger partial charge in [0.25, 0.3) is 0 Å². The van der Waals surface area contributed by atoms with Crippen LogP contribution in [0.2, 0.25) is 0 Å². The summed E-state index contributed by atoms with van der Waals surface area (Å²) in [6, 6.07) is 3.70. The molecule has 0 unspecified atom stereocenters. The van der Waals surface area contributed by atoms with Gasteiger partial charge in [-0.05, 0) is 31.0 Å². The van der Waals surface area contributed by atoms with Gasteiger partial charge in [0.1, 0.15) is 0 Å². The lowest BCUT2D eigenvalue weighted by atomic mass is 9.98. The maximum absolute atomic E-state index is 12.5. The van der Waals surface area contributed by atoms with E-state index in [9.17, 15) is 13.2 Å². The van der Waals surface area contributed by atoms with E-state index in [1.54, 1.807) is 13.0 Å². The minimum atomic E-state index is -4.30. The van der Waals surface area contributed by atoms with E-state index >= 15 is 0 Å². The Morgan fingerprint density at radius 1 is 1.27 bits per heavy atom. The fraction of sp³-hybridized carbons (Fsp3) is 0.400. The first-order chi connectivity index (χ1) is 6.34. The zero-order chi connectivity index (χ0) is 10.9. The van der Waals surface area contributed by atoms with E-state index in [0.717, 1.165) is 6.07 Å². The van der Waals surface area contributed by atoms with Gasteiger partial charge in [-0.3, -0.25) is 0 Å². The van der Waals surface area contributed by atoms with Crippen LogP contribution in [-0.4, -0.2) is 0 Å². The molecule has 0 amide bonds. The SMILES string of the molecule is Cc1c([C@H](C)N)cccc1C(F)(F)F.Cl. The van der Waals surface area contributed by atoms with Crippen molar-refractivity contribution in [1.29, 1.82) is 0 Å². The second kappa shape index (κ2) is 4.86. The smallest absolute Gasteiger partial charge is 0.324 e. The molecule has 1 aromatic carbocycles. The summed E-state index contributed by atoms with van der Waals surface area (Å²) in [7, 11) is 0. The van der Waals surface area contributed by atoms with Crippen LogP contribution in [0, 0.1) is 6.92 Å². The summed E-state index contributed by atoms with van der Waals surface area (Å²) in [4.78, 5) is 0. The highest BCUT2D eigenvalue weighted by molar-refractivity contribution is 5.85. The number of halogens is 4. The molecular formula is C10H13ClF3N. The minimum absolute atomic E-state index is 0. The Labute approximate surface area is 92.9 Å². The predicted octanol–water partition coefficient (Wildman–Crippen LogP) is 3.46. The monoisotopic (exact) mass is 239 g/mol. The van der Waals surface area contributed by atoms with Crippen LogP contribution in [0.5, 0.6) is 0 Å². The van der Waals surface area contributed by atoms with Crippen molar-refractivity contribution in [2.24, 2.45) is 5.73 Å². The molecule has 0 aliphatic heterocycles. The fourth-order valence-corrected chi connectivity index (χ4v) is 1.45. The molecule has 1 rings (SSSR count). The van der Waals surface area contributed by atoms with Gasteiger partial charge in [-0.25, -0.2) is 0 Å². The number of rotatable bonds is 1. The maximum atomic E-state index is 12.5. The number of hydrogen-bond acceptors (Lipinski definition) is 1. The normalized spacial score (nSPS) is 13.2. The van der Waals surface area contributed by atoms with Crippen LogP contribution in [0.25, 0.3) is 0 Å². The fourth-order valence-electron chi connectivity index (χ4n) is 1.45. The zero-order valence-corrected chi connectivity index (χ0v) is 9.25. The number of nitrogens with two attached hydrogens (primary N) is 1. The molecule has 0 spiro atoms. The third-order valence-electron chi connectivity index (χ3n) is 2.17. The van der Waals surface area contributed by atoms with E-state index in [4.69, 9.17) is 5.73 Å². The Balaban J connectivity index is 0.00000196. The van der Waals surface area contributed by atoms with Crippen LogP contribution in [0.4, 0.5) is 13.2 Å². The van der Waals surface area contributed by atoms with Crippen LogP contribution in [0.1, 0.15) is 29.7 Å². The summed E-state index contributed by atoms with van der Waals surface area (Å²) in [5.41, 5.74) is 5.71. The number of benzene rings is 1. The summed E-state index contributed by atoms with van der Waals surface area (Å²) >= 11 is 0. The third-order valence-corrected chi connectivity index (χ3v) is 2.17. The molecule has 15 heavy (non-hydrogen) atoms. The molecule has 0 bridgehead atoms. The second-order valence-electron chi connectivity index (χ2n) is 3.31. The van der Waals surface area contributed by atoms with Gasteiger partial charge in [0, 0.05) is 6.04 Å². The van der Waals surface area contributed by atoms with Gasteiger partial charge in [-0.15, -0.1) is 12.4 Å². The lowest BCUT2D eigenvalue weighted by Crippen LogP contribution is -2.13. The van der Waals surface area contributed by atoms with Crippen molar-refractivity contribution < 1.29 is 13.2 Å². The van der Waals surface area contributed by atoms with Gasteiger partial charge < -0.3 is 5.73 Å². The van der Waals surface area contributed by atoms with Crippen LogP contribution in [-0.2, 0) is 6.18 Å². The van der Waals surface area contributed by atoms with Gasteiger partial charge in [0.15, 0.2) is 0 Å². The van der Waals surface area contributed by atoms with Crippen LogP contribution in [0.15, 0.2) is 18.2 Å². The molecule has 1 aromatic rings. The Bertz CT molecular complexity index is 334. The van der Waals surface area contributed by atoms with Crippen molar-refractivity contribution in [3.8, 4) is 0 Å². The molecule has 2 N–H and O–H groups in total. The van der Waals surface area contributed by atoms with Gasteiger partial charge >= 0.3 is 6.18 Å². The highest BCUT2D eigenvalue weighted by Gasteiger charge is 2.32. The number of hydrogen-bond donors (Lipinski definition) is 1. The molecule has 0 aliphatic rings. The van der Waals surface area contributed by atoms with Gasteiger partial charge in [0.2, 0.25) is 0 Å². The molecule has 1 atom stereocenters. The van der Waals surface area contributed by atoms with Crippen molar-refractivity contribution in [3.05, 3.63) is 34.9 Å². The minimum Gasteiger partial charge on any atom is -0.324 e. The van der Waals surface area contributed by atoms with Crippen molar-refractivity contribution in [1.82, 2.24) is 0 Å². The standard InChI is InChI=1S/C10H12F3N.ClH/c1-6-8(7(2)14)4-3-5-9(6)10(11,12)13;/h3-5,7H,14H2,1-2H3;1H/t7-;/m0./s1.